The van der Waals surface area contributed by atoms with Crippen LogP contribution in [0.5, 0.6) is 0 Å². The first-order valence-corrected chi connectivity index (χ1v) is 9.06. The zero-order valence-corrected chi connectivity index (χ0v) is 14.8. The minimum absolute atomic E-state index is 0.117. The van der Waals surface area contributed by atoms with E-state index >= 15 is 0 Å². The van der Waals surface area contributed by atoms with E-state index in [1.165, 1.54) is 24.6 Å². The number of aromatic nitrogens is 2. The molecule has 0 radical (unpaired) electrons. The molecule has 0 saturated heterocycles. The summed E-state index contributed by atoms with van der Waals surface area (Å²) in [5.74, 6) is 0.538. The zero-order valence-electron chi connectivity index (χ0n) is 12.4. The molecule has 1 aliphatic rings. The lowest BCUT2D eigenvalue weighted by Gasteiger charge is -2.18. The van der Waals surface area contributed by atoms with Crippen molar-refractivity contribution >= 4 is 33.6 Å². The standard InChI is InChI=1S/C16H18BrN3OS/c1-19(10-12-4-2-3-5-14(12)17)15(21)11-22-16-18-8-9-20(16)13-6-7-13/h2-5,8-9,13H,6-7,10-11H2,1H3. The highest BCUT2D eigenvalue weighted by Crippen LogP contribution is 2.37. The topological polar surface area (TPSA) is 38.1 Å². The predicted molar refractivity (Wildman–Crippen MR) is 91.8 cm³/mol. The van der Waals surface area contributed by atoms with Crippen LogP contribution in [0, 0.1) is 0 Å². The number of benzene rings is 1. The third-order valence-electron chi connectivity index (χ3n) is 3.69. The van der Waals surface area contributed by atoms with Crippen molar-refractivity contribution in [2.75, 3.05) is 12.8 Å². The summed E-state index contributed by atoms with van der Waals surface area (Å²) in [5, 5.41) is 0.949. The Labute approximate surface area is 143 Å². The molecule has 0 N–H and O–H groups in total. The summed E-state index contributed by atoms with van der Waals surface area (Å²) in [6.07, 6.45) is 6.27. The number of hydrogen-bond donors (Lipinski definition) is 0. The highest BCUT2D eigenvalue weighted by Gasteiger charge is 2.25. The minimum atomic E-state index is 0.117. The fourth-order valence-electron chi connectivity index (χ4n) is 2.25. The van der Waals surface area contributed by atoms with E-state index in [1.807, 2.05) is 43.7 Å². The molecule has 1 aliphatic carbocycles. The molecule has 3 rings (SSSR count). The molecule has 0 unspecified atom stereocenters. The summed E-state index contributed by atoms with van der Waals surface area (Å²) in [7, 11) is 1.84. The molecule has 0 atom stereocenters. The molecule has 1 fully saturated rings. The van der Waals surface area contributed by atoms with E-state index < -0.39 is 0 Å². The van der Waals surface area contributed by atoms with Gasteiger partial charge >= 0.3 is 0 Å². The van der Waals surface area contributed by atoms with Gasteiger partial charge in [-0.05, 0) is 24.5 Å². The molecule has 1 amide bonds. The monoisotopic (exact) mass is 379 g/mol. The van der Waals surface area contributed by atoms with Gasteiger partial charge in [0, 0.05) is 36.5 Å². The predicted octanol–water partition coefficient (Wildman–Crippen LogP) is 3.73. The van der Waals surface area contributed by atoms with Gasteiger partial charge in [0.05, 0.1) is 5.75 Å². The average Bonchev–Trinajstić information content (AvgIpc) is 3.25. The number of nitrogens with zero attached hydrogens (tertiary/aromatic N) is 3. The average molecular weight is 380 g/mol. The van der Waals surface area contributed by atoms with E-state index in [4.69, 9.17) is 0 Å². The maximum absolute atomic E-state index is 12.3. The second-order valence-electron chi connectivity index (χ2n) is 5.48. The van der Waals surface area contributed by atoms with Crippen LogP contribution in [0.4, 0.5) is 0 Å². The van der Waals surface area contributed by atoms with Crippen molar-refractivity contribution in [3.8, 4) is 0 Å². The first kappa shape index (κ1) is 15.6. The molecule has 0 bridgehead atoms. The molecule has 22 heavy (non-hydrogen) atoms. The maximum Gasteiger partial charge on any atom is 0.233 e. The Morgan fingerprint density at radius 1 is 1.45 bits per heavy atom. The van der Waals surface area contributed by atoms with E-state index in [0.717, 1.165) is 15.2 Å². The van der Waals surface area contributed by atoms with Crippen LogP contribution < -0.4 is 0 Å². The second kappa shape index (κ2) is 6.87. The van der Waals surface area contributed by atoms with E-state index in [1.54, 1.807) is 4.90 Å². The van der Waals surface area contributed by atoms with Gasteiger partial charge in [0.25, 0.3) is 0 Å². The summed E-state index contributed by atoms with van der Waals surface area (Å²) in [5.41, 5.74) is 1.11. The lowest BCUT2D eigenvalue weighted by Crippen LogP contribution is -2.28. The Kier molecular flexibility index (Phi) is 4.88. The molecular formula is C16H18BrN3OS. The van der Waals surface area contributed by atoms with Crippen LogP contribution in [0.3, 0.4) is 0 Å². The van der Waals surface area contributed by atoms with Crippen LogP contribution in [0.1, 0.15) is 24.4 Å². The van der Waals surface area contributed by atoms with E-state index in [2.05, 4.69) is 25.5 Å². The molecule has 1 aromatic heterocycles. The van der Waals surface area contributed by atoms with Gasteiger partial charge in [0.2, 0.25) is 5.91 Å². The number of imidazole rings is 1. The van der Waals surface area contributed by atoms with Crippen molar-refractivity contribution in [1.82, 2.24) is 14.5 Å². The summed E-state index contributed by atoms with van der Waals surface area (Å²) in [6.45, 7) is 0.609. The first-order valence-electron chi connectivity index (χ1n) is 7.28. The molecule has 0 aliphatic heterocycles. The molecule has 1 saturated carbocycles. The number of carbonyl (C=O) groups excluding carboxylic acids is 1. The molecule has 6 heteroatoms. The van der Waals surface area contributed by atoms with Gasteiger partial charge in [0.15, 0.2) is 5.16 Å². The fraction of sp³-hybridized carbons (Fsp3) is 0.375. The van der Waals surface area contributed by atoms with Gasteiger partial charge in [0.1, 0.15) is 0 Å². The molecule has 4 nitrogen and oxygen atoms in total. The van der Waals surface area contributed by atoms with Crippen molar-refractivity contribution in [2.45, 2.75) is 30.6 Å². The van der Waals surface area contributed by atoms with Crippen LogP contribution in [0.2, 0.25) is 0 Å². The molecule has 116 valence electrons. The van der Waals surface area contributed by atoms with Crippen LogP contribution in [0.25, 0.3) is 0 Å². The third kappa shape index (κ3) is 3.73. The van der Waals surface area contributed by atoms with Crippen LogP contribution in [-0.2, 0) is 11.3 Å². The SMILES string of the molecule is CN(Cc1ccccc1Br)C(=O)CSc1nccn1C1CC1. The number of rotatable bonds is 6. The van der Waals surface area contributed by atoms with E-state index in [0.29, 0.717) is 18.3 Å². The maximum atomic E-state index is 12.3. The van der Waals surface area contributed by atoms with Gasteiger partial charge in [-0.2, -0.15) is 0 Å². The number of halogens is 1. The largest absolute Gasteiger partial charge is 0.341 e. The van der Waals surface area contributed by atoms with Crippen molar-refractivity contribution < 1.29 is 4.79 Å². The smallest absolute Gasteiger partial charge is 0.233 e. The molecule has 2 aromatic rings. The minimum Gasteiger partial charge on any atom is -0.341 e. The zero-order chi connectivity index (χ0) is 15.5. The molecule has 1 aromatic carbocycles. The number of carbonyl (C=O) groups is 1. The number of hydrogen-bond acceptors (Lipinski definition) is 3. The lowest BCUT2D eigenvalue weighted by molar-refractivity contribution is -0.127. The quantitative estimate of drug-likeness (QED) is 0.717. The van der Waals surface area contributed by atoms with Crippen molar-refractivity contribution in [3.63, 3.8) is 0 Å². The van der Waals surface area contributed by atoms with Crippen LogP contribution >= 0.6 is 27.7 Å². The summed E-state index contributed by atoms with van der Waals surface area (Å²) >= 11 is 5.04. The van der Waals surface area contributed by atoms with Gasteiger partial charge in [-0.1, -0.05) is 45.9 Å². The normalized spacial score (nSPS) is 14.1. The molecule has 0 spiro atoms. The van der Waals surface area contributed by atoms with E-state index in [9.17, 15) is 4.79 Å². The van der Waals surface area contributed by atoms with Gasteiger partial charge in [-0.15, -0.1) is 0 Å². The Morgan fingerprint density at radius 2 is 2.23 bits per heavy atom. The first-order chi connectivity index (χ1) is 10.6. The van der Waals surface area contributed by atoms with Gasteiger partial charge < -0.3 is 9.47 Å². The Morgan fingerprint density at radius 3 is 2.95 bits per heavy atom. The Balaban J connectivity index is 1.55. The van der Waals surface area contributed by atoms with Crippen molar-refractivity contribution in [2.24, 2.45) is 0 Å². The number of amides is 1. The summed E-state index contributed by atoms with van der Waals surface area (Å²) in [4.78, 5) is 18.4. The molecule has 1 heterocycles. The Hall–Kier alpha value is -1.27. The van der Waals surface area contributed by atoms with Gasteiger partial charge in [-0.25, -0.2) is 4.98 Å². The lowest BCUT2D eigenvalue weighted by atomic mass is 10.2. The van der Waals surface area contributed by atoms with Gasteiger partial charge in [-0.3, -0.25) is 4.79 Å². The van der Waals surface area contributed by atoms with E-state index in [-0.39, 0.29) is 5.91 Å². The highest BCUT2D eigenvalue weighted by molar-refractivity contribution is 9.10. The highest BCUT2D eigenvalue weighted by atomic mass is 79.9. The van der Waals surface area contributed by atoms with Crippen molar-refractivity contribution in [1.29, 1.82) is 0 Å². The third-order valence-corrected chi connectivity index (χ3v) is 5.43. The Bertz CT molecular complexity index is 669. The number of thioether (sulfide) groups is 1. The fourth-order valence-corrected chi connectivity index (χ4v) is 3.63. The summed E-state index contributed by atoms with van der Waals surface area (Å²) in [6, 6.07) is 8.58. The second-order valence-corrected chi connectivity index (χ2v) is 7.27. The molecular weight excluding hydrogens is 362 g/mol. The van der Waals surface area contributed by atoms with Crippen LogP contribution in [0.15, 0.2) is 46.3 Å². The van der Waals surface area contributed by atoms with Crippen LogP contribution in [-0.4, -0.2) is 33.2 Å². The summed E-state index contributed by atoms with van der Waals surface area (Å²) < 4.78 is 3.22. The van der Waals surface area contributed by atoms with Crippen molar-refractivity contribution in [3.05, 3.63) is 46.7 Å².